The lowest BCUT2D eigenvalue weighted by Crippen LogP contribution is -2.19. The summed E-state index contributed by atoms with van der Waals surface area (Å²) in [6.45, 7) is 6.96. The highest BCUT2D eigenvalue weighted by Gasteiger charge is 2.29. The molecular weight excluding hydrogens is 422 g/mol. The third-order valence-electron chi connectivity index (χ3n) is 5.39. The number of ether oxygens (including phenoxy) is 1. The van der Waals surface area contributed by atoms with Crippen molar-refractivity contribution in [2.24, 2.45) is 0 Å². The molecule has 0 spiro atoms. The Labute approximate surface area is 181 Å². The van der Waals surface area contributed by atoms with E-state index in [2.05, 4.69) is 15.3 Å². The fourth-order valence-electron chi connectivity index (χ4n) is 3.77. The Morgan fingerprint density at radius 2 is 1.93 bits per heavy atom. The van der Waals surface area contributed by atoms with E-state index < -0.39 is 12.1 Å². The highest BCUT2D eigenvalue weighted by atomic mass is 32.1. The van der Waals surface area contributed by atoms with Gasteiger partial charge in [-0.25, -0.2) is 9.78 Å². The van der Waals surface area contributed by atoms with Gasteiger partial charge in [-0.1, -0.05) is 0 Å². The maximum absolute atomic E-state index is 13.1. The van der Waals surface area contributed by atoms with Gasteiger partial charge in [0.2, 0.25) is 5.91 Å². The first kappa shape index (κ1) is 20.7. The van der Waals surface area contributed by atoms with Crippen molar-refractivity contribution in [1.82, 2.24) is 9.97 Å². The van der Waals surface area contributed by atoms with E-state index in [1.165, 1.54) is 29.6 Å². The van der Waals surface area contributed by atoms with Crippen molar-refractivity contribution in [3.63, 3.8) is 0 Å². The molecular formula is C21H23N3O4S2. The summed E-state index contributed by atoms with van der Waals surface area (Å²) in [5.74, 6) is -0.421. The van der Waals surface area contributed by atoms with E-state index in [0.29, 0.717) is 26.6 Å². The molecule has 4 rings (SSSR count). The first-order valence-corrected chi connectivity index (χ1v) is 11.5. The Morgan fingerprint density at radius 3 is 2.67 bits per heavy atom. The van der Waals surface area contributed by atoms with E-state index in [1.807, 2.05) is 13.8 Å². The second-order valence-corrected chi connectivity index (χ2v) is 9.87. The van der Waals surface area contributed by atoms with Gasteiger partial charge in [0.15, 0.2) is 11.9 Å². The molecule has 0 aromatic carbocycles. The number of rotatable bonds is 4. The number of aryl methyl sites for hydroxylation is 3. The number of nitrogens with one attached hydrogen (secondary N) is 2. The first-order chi connectivity index (χ1) is 14.3. The summed E-state index contributed by atoms with van der Waals surface area (Å²) in [6, 6.07) is 0. The van der Waals surface area contributed by atoms with Crippen molar-refractivity contribution >= 4 is 49.8 Å². The molecule has 1 aliphatic carbocycles. The average molecular weight is 446 g/mol. The Hall–Kier alpha value is -2.52. The number of aromatic nitrogens is 2. The smallest absolute Gasteiger partial charge is 0.342 e. The topological polar surface area (TPSA) is 101 Å². The molecule has 30 heavy (non-hydrogen) atoms. The van der Waals surface area contributed by atoms with E-state index in [9.17, 15) is 14.4 Å². The highest BCUT2D eigenvalue weighted by Crippen LogP contribution is 2.39. The van der Waals surface area contributed by atoms with Crippen molar-refractivity contribution in [2.75, 3.05) is 5.32 Å². The Bertz CT molecular complexity index is 1220. The molecule has 1 aliphatic rings. The van der Waals surface area contributed by atoms with Crippen LogP contribution in [0.3, 0.4) is 0 Å². The maximum atomic E-state index is 13.1. The molecule has 158 valence electrons. The molecule has 1 amide bonds. The minimum atomic E-state index is -0.735. The van der Waals surface area contributed by atoms with Crippen LogP contribution in [0.15, 0.2) is 4.79 Å². The number of hydrogen-bond acceptors (Lipinski definition) is 7. The van der Waals surface area contributed by atoms with Crippen molar-refractivity contribution in [3.8, 4) is 0 Å². The van der Waals surface area contributed by atoms with Gasteiger partial charge in [-0.15, -0.1) is 22.7 Å². The minimum absolute atomic E-state index is 0.226. The standard InChI is InChI=1S/C21H23N3O4S2/c1-9-11(3)29-19-15(9)18(26)23-17(24-19)10(2)28-21(27)16-13-7-5-6-8-14(13)30-20(16)22-12(4)25/h10H,5-8H2,1-4H3,(H,22,25)(H,23,24,26)/t10-/m0/s1. The number of esters is 1. The van der Waals surface area contributed by atoms with Crippen molar-refractivity contribution in [3.05, 3.63) is 42.6 Å². The number of hydrogen-bond donors (Lipinski definition) is 2. The molecule has 3 heterocycles. The molecule has 2 N–H and O–H groups in total. The van der Waals surface area contributed by atoms with Crippen LogP contribution in [0.4, 0.5) is 5.00 Å². The summed E-state index contributed by atoms with van der Waals surface area (Å²) in [6.07, 6.45) is 3.03. The van der Waals surface area contributed by atoms with Crippen LogP contribution >= 0.6 is 22.7 Å². The lowest BCUT2D eigenvalue weighted by molar-refractivity contribution is -0.114. The fourth-order valence-corrected chi connectivity index (χ4v) is 6.13. The Kier molecular flexibility index (Phi) is 5.50. The molecule has 0 fully saturated rings. The third kappa shape index (κ3) is 3.67. The number of carbonyl (C=O) groups is 2. The fraction of sp³-hybridized carbons (Fsp3) is 0.429. The monoisotopic (exact) mass is 445 g/mol. The van der Waals surface area contributed by atoms with Crippen LogP contribution in [0, 0.1) is 13.8 Å². The van der Waals surface area contributed by atoms with E-state index in [-0.39, 0.29) is 11.5 Å². The van der Waals surface area contributed by atoms with Gasteiger partial charge >= 0.3 is 5.97 Å². The number of fused-ring (bicyclic) bond motifs is 2. The van der Waals surface area contributed by atoms with Gasteiger partial charge < -0.3 is 15.0 Å². The normalized spacial score (nSPS) is 14.4. The lowest BCUT2D eigenvalue weighted by atomic mass is 9.95. The number of carbonyl (C=O) groups excluding carboxylic acids is 2. The molecule has 3 aromatic heterocycles. The molecule has 0 aliphatic heterocycles. The molecule has 7 nitrogen and oxygen atoms in total. The molecule has 1 atom stereocenters. The van der Waals surface area contributed by atoms with Gasteiger partial charge in [-0.05, 0) is 57.6 Å². The number of H-pyrrole nitrogens is 1. The molecule has 0 bridgehead atoms. The quantitative estimate of drug-likeness (QED) is 0.579. The Balaban J connectivity index is 1.66. The molecule has 0 saturated carbocycles. The number of amides is 1. The third-order valence-corrected chi connectivity index (χ3v) is 7.70. The summed E-state index contributed by atoms with van der Waals surface area (Å²) < 4.78 is 5.70. The number of anilines is 1. The van der Waals surface area contributed by atoms with Crippen LogP contribution in [0.5, 0.6) is 0 Å². The van der Waals surface area contributed by atoms with Gasteiger partial charge in [0.1, 0.15) is 9.83 Å². The summed E-state index contributed by atoms with van der Waals surface area (Å²) in [5, 5.41) is 3.89. The summed E-state index contributed by atoms with van der Waals surface area (Å²) in [5.41, 5.74) is 2.09. The molecule has 0 saturated heterocycles. The Morgan fingerprint density at radius 1 is 1.20 bits per heavy atom. The van der Waals surface area contributed by atoms with Crippen LogP contribution in [0.1, 0.15) is 69.9 Å². The molecule has 0 radical (unpaired) electrons. The molecule has 0 unspecified atom stereocenters. The summed E-state index contributed by atoms with van der Waals surface area (Å²) in [7, 11) is 0. The van der Waals surface area contributed by atoms with Crippen molar-refractivity contribution < 1.29 is 14.3 Å². The van der Waals surface area contributed by atoms with E-state index in [0.717, 1.165) is 46.6 Å². The van der Waals surface area contributed by atoms with Gasteiger partial charge in [0.05, 0.1) is 10.9 Å². The van der Waals surface area contributed by atoms with Crippen LogP contribution < -0.4 is 10.9 Å². The zero-order chi connectivity index (χ0) is 21.6. The van der Waals surface area contributed by atoms with E-state index in [4.69, 9.17) is 4.74 Å². The van der Waals surface area contributed by atoms with Crippen molar-refractivity contribution in [2.45, 2.75) is 59.5 Å². The minimum Gasteiger partial charge on any atom is -0.451 e. The molecule has 3 aromatic rings. The van der Waals surface area contributed by atoms with Gasteiger partial charge in [-0.3, -0.25) is 9.59 Å². The predicted molar refractivity (Wildman–Crippen MR) is 119 cm³/mol. The second-order valence-electron chi connectivity index (χ2n) is 7.56. The zero-order valence-corrected chi connectivity index (χ0v) is 18.9. The summed E-state index contributed by atoms with van der Waals surface area (Å²) in [4.78, 5) is 47.4. The van der Waals surface area contributed by atoms with Gasteiger partial charge in [0, 0.05) is 16.7 Å². The largest absolute Gasteiger partial charge is 0.451 e. The second kappa shape index (κ2) is 7.96. The van der Waals surface area contributed by atoms with Crippen LogP contribution in [-0.2, 0) is 22.4 Å². The predicted octanol–water partition coefficient (Wildman–Crippen LogP) is 4.42. The SMILES string of the molecule is CC(=O)Nc1sc2c(c1C(=O)O[C@@H](C)c1nc3sc(C)c(C)c3c(=O)[nH]1)CCCC2. The first-order valence-electron chi connectivity index (χ1n) is 9.89. The zero-order valence-electron chi connectivity index (χ0n) is 17.3. The van der Waals surface area contributed by atoms with Gasteiger partial charge in [-0.2, -0.15) is 0 Å². The van der Waals surface area contributed by atoms with Gasteiger partial charge in [0.25, 0.3) is 5.56 Å². The maximum Gasteiger partial charge on any atom is 0.342 e. The number of thiophene rings is 2. The average Bonchev–Trinajstić information content (AvgIpc) is 3.17. The number of nitrogens with zero attached hydrogens (tertiary/aromatic N) is 1. The van der Waals surface area contributed by atoms with Crippen LogP contribution in [-0.4, -0.2) is 21.8 Å². The van der Waals surface area contributed by atoms with E-state index in [1.54, 1.807) is 6.92 Å². The lowest BCUT2D eigenvalue weighted by Gasteiger charge is -2.16. The summed E-state index contributed by atoms with van der Waals surface area (Å²) >= 11 is 2.90. The molecule has 9 heteroatoms. The van der Waals surface area contributed by atoms with E-state index >= 15 is 0 Å². The number of aromatic amines is 1. The highest BCUT2D eigenvalue weighted by molar-refractivity contribution is 7.18. The van der Waals surface area contributed by atoms with Crippen LogP contribution in [0.25, 0.3) is 10.2 Å². The van der Waals surface area contributed by atoms with Crippen molar-refractivity contribution in [1.29, 1.82) is 0 Å². The van der Waals surface area contributed by atoms with Crippen LogP contribution in [0.2, 0.25) is 0 Å².